The second kappa shape index (κ2) is 7.49. The van der Waals surface area contributed by atoms with Gasteiger partial charge in [-0.05, 0) is 25.2 Å². The van der Waals surface area contributed by atoms with Gasteiger partial charge in [-0.2, -0.15) is 0 Å². The Labute approximate surface area is 99.3 Å². The minimum absolute atomic E-state index is 0.376. The predicted octanol–water partition coefficient (Wildman–Crippen LogP) is 1.49. The Morgan fingerprint density at radius 2 is 1.94 bits per heavy atom. The molecule has 0 amide bonds. The van der Waals surface area contributed by atoms with Gasteiger partial charge in [0, 0.05) is 6.54 Å². The second-order valence-corrected chi connectivity index (χ2v) is 4.74. The van der Waals surface area contributed by atoms with Gasteiger partial charge in [0.05, 0.1) is 12.1 Å². The summed E-state index contributed by atoms with van der Waals surface area (Å²) in [6.45, 7) is 9.47. The monoisotopic (exact) mass is 229 g/mol. The van der Waals surface area contributed by atoms with Gasteiger partial charge >= 0.3 is 0 Å². The van der Waals surface area contributed by atoms with E-state index in [1.54, 1.807) is 0 Å². The summed E-state index contributed by atoms with van der Waals surface area (Å²) in [6, 6.07) is 0. The van der Waals surface area contributed by atoms with Gasteiger partial charge in [0.2, 0.25) is 0 Å². The van der Waals surface area contributed by atoms with Crippen LogP contribution in [0.1, 0.15) is 47.0 Å². The highest BCUT2D eigenvalue weighted by Crippen LogP contribution is 2.14. The van der Waals surface area contributed by atoms with Crippen LogP contribution in [0.2, 0.25) is 0 Å². The molecule has 4 nitrogen and oxygen atoms in total. The van der Waals surface area contributed by atoms with E-state index in [1.807, 2.05) is 13.8 Å². The molecule has 0 aliphatic carbocycles. The van der Waals surface area contributed by atoms with E-state index in [2.05, 4.69) is 24.2 Å². The van der Waals surface area contributed by atoms with Gasteiger partial charge in [-0.25, -0.2) is 0 Å². The summed E-state index contributed by atoms with van der Waals surface area (Å²) in [4.78, 5) is 4.17. The molecule has 0 rings (SSSR count). The number of hydrogen-bond donors (Lipinski definition) is 3. The maximum atomic E-state index is 10.0. The molecule has 0 atom stereocenters. The zero-order chi connectivity index (χ0) is 12.6. The van der Waals surface area contributed by atoms with Crippen LogP contribution < -0.4 is 11.1 Å². The molecule has 0 heterocycles. The molecule has 0 aliphatic heterocycles. The summed E-state index contributed by atoms with van der Waals surface area (Å²) in [7, 11) is 0. The molecule has 0 spiro atoms. The highest BCUT2D eigenvalue weighted by Gasteiger charge is 2.21. The first-order valence-electron chi connectivity index (χ1n) is 6.19. The Morgan fingerprint density at radius 1 is 1.38 bits per heavy atom. The van der Waals surface area contributed by atoms with E-state index >= 15 is 0 Å². The highest BCUT2D eigenvalue weighted by molar-refractivity contribution is 5.77. The van der Waals surface area contributed by atoms with Crippen LogP contribution in [0.15, 0.2) is 4.99 Å². The average Bonchev–Trinajstić information content (AvgIpc) is 2.25. The molecular formula is C12H27N3O. The second-order valence-electron chi connectivity index (χ2n) is 4.74. The van der Waals surface area contributed by atoms with Gasteiger partial charge in [-0.1, -0.05) is 27.7 Å². The lowest BCUT2D eigenvalue weighted by Gasteiger charge is -2.22. The largest absolute Gasteiger partial charge is 0.388 e. The van der Waals surface area contributed by atoms with Crippen LogP contribution in [0.25, 0.3) is 0 Å². The Kier molecular flexibility index (Phi) is 7.13. The molecule has 0 aromatic rings. The molecule has 96 valence electrons. The summed E-state index contributed by atoms with van der Waals surface area (Å²) in [5.41, 5.74) is 5.00. The number of guanidine groups is 1. The fourth-order valence-electron chi connectivity index (χ4n) is 1.25. The van der Waals surface area contributed by atoms with E-state index in [4.69, 9.17) is 5.73 Å². The lowest BCUT2D eigenvalue weighted by atomic mass is 9.98. The molecule has 0 saturated heterocycles. The fraction of sp³-hybridized carbons (Fsp3) is 0.917. The van der Waals surface area contributed by atoms with Crippen molar-refractivity contribution < 1.29 is 5.11 Å². The molecule has 0 aromatic heterocycles. The van der Waals surface area contributed by atoms with E-state index in [-0.39, 0.29) is 0 Å². The number of rotatable bonds is 7. The molecule has 0 aliphatic rings. The summed E-state index contributed by atoms with van der Waals surface area (Å²) in [6.07, 6.45) is 2.47. The quantitative estimate of drug-likeness (QED) is 0.457. The number of aliphatic hydroxyl groups is 1. The summed E-state index contributed by atoms with van der Waals surface area (Å²) >= 11 is 0. The van der Waals surface area contributed by atoms with Gasteiger partial charge in [0.25, 0.3) is 0 Å². The van der Waals surface area contributed by atoms with E-state index in [0.29, 0.717) is 31.3 Å². The molecule has 0 fully saturated rings. The van der Waals surface area contributed by atoms with Crippen molar-refractivity contribution in [1.82, 2.24) is 5.32 Å². The highest BCUT2D eigenvalue weighted by atomic mass is 16.3. The summed E-state index contributed by atoms with van der Waals surface area (Å²) < 4.78 is 0. The average molecular weight is 229 g/mol. The third kappa shape index (κ3) is 6.67. The van der Waals surface area contributed by atoms with Crippen LogP contribution in [0.5, 0.6) is 0 Å². The molecule has 4 heteroatoms. The van der Waals surface area contributed by atoms with Crippen LogP contribution in [-0.4, -0.2) is 29.8 Å². The van der Waals surface area contributed by atoms with Crippen molar-refractivity contribution in [2.24, 2.45) is 16.6 Å². The molecule has 0 aromatic carbocycles. The van der Waals surface area contributed by atoms with E-state index in [9.17, 15) is 5.11 Å². The van der Waals surface area contributed by atoms with Crippen molar-refractivity contribution in [2.45, 2.75) is 52.6 Å². The molecule has 0 unspecified atom stereocenters. The van der Waals surface area contributed by atoms with Crippen LogP contribution >= 0.6 is 0 Å². The van der Waals surface area contributed by atoms with Gasteiger partial charge in [-0.15, -0.1) is 0 Å². The topological polar surface area (TPSA) is 70.6 Å². The zero-order valence-electron chi connectivity index (χ0n) is 11.1. The maximum Gasteiger partial charge on any atom is 0.188 e. The smallest absolute Gasteiger partial charge is 0.188 e. The molecule has 16 heavy (non-hydrogen) atoms. The number of nitrogens with zero attached hydrogens (tertiary/aromatic N) is 1. The number of hydrogen-bond acceptors (Lipinski definition) is 2. The fourth-order valence-corrected chi connectivity index (χ4v) is 1.25. The van der Waals surface area contributed by atoms with Crippen molar-refractivity contribution in [1.29, 1.82) is 0 Å². The van der Waals surface area contributed by atoms with Crippen LogP contribution in [0.3, 0.4) is 0 Å². The summed E-state index contributed by atoms with van der Waals surface area (Å²) in [5, 5.41) is 13.1. The Morgan fingerprint density at radius 3 is 2.38 bits per heavy atom. The predicted molar refractivity (Wildman–Crippen MR) is 69.5 cm³/mol. The molecular weight excluding hydrogens is 202 g/mol. The molecule has 0 saturated carbocycles. The minimum Gasteiger partial charge on any atom is -0.388 e. The van der Waals surface area contributed by atoms with Crippen molar-refractivity contribution in [3.8, 4) is 0 Å². The zero-order valence-corrected chi connectivity index (χ0v) is 11.1. The van der Waals surface area contributed by atoms with Crippen molar-refractivity contribution >= 4 is 5.96 Å². The minimum atomic E-state index is -0.704. The van der Waals surface area contributed by atoms with Crippen LogP contribution in [0, 0.1) is 5.92 Å². The van der Waals surface area contributed by atoms with Crippen molar-refractivity contribution in [2.75, 3.05) is 13.1 Å². The SMILES string of the molecule is CCC(O)(CC)CN=C(N)NCCC(C)C. The van der Waals surface area contributed by atoms with Crippen LogP contribution in [-0.2, 0) is 0 Å². The first-order chi connectivity index (χ1) is 7.43. The van der Waals surface area contributed by atoms with Gasteiger partial charge in [0.15, 0.2) is 5.96 Å². The Balaban J connectivity index is 3.94. The van der Waals surface area contributed by atoms with Crippen molar-refractivity contribution in [3.63, 3.8) is 0 Å². The van der Waals surface area contributed by atoms with E-state index < -0.39 is 5.60 Å². The molecule has 4 N–H and O–H groups in total. The van der Waals surface area contributed by atoms with Crippen LogP contribution in [0.4, 0.5) is 0 Å². The Bertz CT molecular complexity index is 210. The molecule has 0 bridgehead atoms. The van der Waals surface area contributed by atoms with Crippen molar-refractivity contribution in [3.05, 3.63) is 0 Å². The number of nitrogens with one attached hydrogen (secondary N) is 1. The van der Waals surface area contributed by atoms with E-state index in [1.165, 1.54) is 0 Å². The Hall–Kier alpha value is -0.770. The third-order valence-corrected chi connectivity index (χ3v) is 2.89. The lowest BCUT2D eigenvalue weighted by molar-refractivity contribution is 0.0418. The number of aliphatic imine (C=N–C) groups is 1. The molecule has 0 radical (unpaired) electrons. The van der Waals surface area contributed by atoms with Gasteiger partial charge < -0.3 is 16.2 Å². The first-order valence-corrected chi connectivity index (χ1v) is 6.19. The van der Waals surface area contributed by atoms with Gasteiger partial charge in [0.1, 0.15) is 0 Å². The van der Waals surface area contributed by atoms with Gasteiger partial charge in [-0.3, -0.25) is 4.99 Å². The first kappa shape index (κ1) is 15.2. The van der Waals surface area contributed by atoms with E-state index in [0.717, 1.165) is 13.0 Å². The number of nitrogens with two attached hydrogens (primary N) is 1. The summed E-state index contributed by atoms with van der Waals surface area (Å²) in [5.74, 6) is 1.09. The standard InChI is InChI=1S/C12H27N3O/c1-5-12(16,6-2)9-15-11(13)14-8-7-10(3)4/h10,16H,5-9H2,1-4H3,(H3,13,14,15). The normalized spacial score (nSPS) is 13.2. The third-order valence-electron chi connectivity index (χ3n) is 2.89. The lowest BCUT2D eigenvalue weighted by Crippen LogP contribution is -2.36. The maximum absolute atomic E-state index is 10.0.